The third kappa shape index (κ3) is 3.38. The monoisotopic (exact) mass is 259 g/mol. The molecule has 0 bridgehead atoms. The SMILES string of the molecule is O=C(N[C@@H](C1CC1)C(F)(F)F)Oc1ccccc1. The second kappa shape index (κ2) is 4.88. The first-order chi connectivity index (χ1) is 8.47. The molecule has 0 aromatic heterocycles. The van der Waals surface area contributed by atoms with Gasteiger partial charge in [-0.1, -0.05) is 18.2 Å². The fourth-order valence-electron chi connectivity index (χ4n) is 1.65. The Morgan fingerprint density at radius 3 is 2.39 bits per heavy atom. The summed E-state index contributed by atoms with van der Waals surface area (Å²) in [4.78, 5) is 11.4. The molecule has 0 saturated heterocycles. The molecule has 1 aliphatic rings. The second-order valence-electron chi connectivity index (χ2n) is 4.20. The van der Waals surface area contributed by atoms with Gasteiger partial charge in [0.15, 0.2) is 0 Å². The van der Waals surface area contributed by atoms with Gasteiger partial charge in [0.1, 0.15) is 11.8 Å². The summed E-state index contributed by atoms with van der Waals surface area (Å²) in [6.45, 7) is 0. The van der Waals surface area contributed by atoms with E-state index < -0.39 is 24.2 Å². The Morgan fingerprint density at radius 1 is 1.28 bits per heavy atom. The van der Waals surface area contributed by atoms with E-state index in [1.165, 1.54) is 12.1 Å². The molecular weight excluding hydrogens is 247 g/mol. The van der Waals surface area contributed by atoms with Gasteiger partial charge in [-0.3, -0.25) is 0 Å². The third-order valence-corrected chi connectivity index (χ3v) is 2.67. The Bertz CT molecular complexity index is 415. The maximum atomic E-state index is 12.6. The lowest BCUT2D eigenvalue weighted by atomic mass is 10.2. The van der Waals surface area contributed by atoms with Gasteiger partial charge >= 0.3 is 12.3 Å². The highest BCUT2D eigenvalue weighted by atomic mass is 19.4. The molecular formula is C12H12F3NO2. The molecule has 0 aliphatic heterocycles. The number of ether oxygens (including phenoxy) is 1. The van der Waals surface area contributed by atoms with Crippen LogP contribution in [0.4, 0.5) is 18.0 Å². The van der Waals surface area contributed by atoms with Crippen LogP contribution in [0.1, 0.15) is 12.8 Å². The van der Waals surface area contributed by atoms with Gasteiger partial charge in [0, 0.05) is 0 Å². The number of carbonyl (C=O) groups excluding carboxylic acids is 1. The third-order valence-electron chi connectivity index (χ3n) is 2.67. The largest absolute Gasteiger partial charge is 0.413 e. The number of amides is 1. The molecule has 0 heterocycles. The van der Waals surface area contributed by atoms with Gasteiger partial charge in [-0.2, -0.15) is 13.2 Å². The number of hydrogen-bond acceptors (Lipinski definition) is 2. The van der Waals surface area contributed by atoms with Gasteiger partial charge in [0.2, 0.25) is 0 Å². The number of benzene rings is 1. The molecule has 1 aromatic rings. The molecule has 1 amide bonds. The normalized spacial score (nSPS) is 17.1. The molecule has 1 fully saturated rings. The summed E-state index contributed by atoms with van der Waals surface area (Å²) in [6.07, 6.45) is -4.54. The molecule has 3 nitrogen and oxygen atoms in total. The Kier molecular flexibility index (Phi) is 3.45. The van der Waals surface area contributed by atoms with E-state index in [1.54, 1.807) is 18.2 Å². The molecule has 0 unspecified atom stereocenters. The van der Waals surface area contributed by atoms with Crippen molar-refractivity contribution in [3.63, 3.8) is 0 Å². The number of carbonyl (C=O) groups is 1. The molecule has 1 aliphatic carbocycles. The van der Waals surface area contributed by atoms with Crippen LogP contribution in [-0.4, -0.2) is 18.3 Å². The fourth-order valence-corrected chi connectivity index (χ4v) is 1.65. The minimum Gasteiger partial charge on any atom is -0.410 e. The van der Waals surface area contributed by atoms with E-state index in [4.69, 9.17) is 4.74 Å². The van der Waals surface area contributed by atoms with E-state index in [2.05, 4.69) is 0 Å². The molecule has 0 radical (unpaired) electrons. The van der Waals surface area contributed by atoms with Crippen LogP contribution in [-0.2, 0) is 0 Å². The Morgan fingerprint density at radius 2 is 1.89 bits per heavy atom. The van der Waals surface area contributed by atoms with Crippen molar-refractivity contribution >= 4 is 6.09 Å². The molecule has 98 valence electrons. The minimum absolute atomic E-state index is 0.215. The van der Waals surface area contributed by atoms with E-state index >= 15 is 0 Å². The molecule has 18 heavy (non-hydrogen) atoms. The van der Waals surface area contributed by atoms with Crippen molar-refractivity contribution in [2.45, 2.75) is 25.1 Å². The first-order valence-corrected chi connectivity index (χ1v) is 5.57. The van der Waals surface area contributed by atoms with E-state index in [1.807, 2.05) is 5.32 Å². The van der Waals surface area contributed by atoms with Crippen molar-refractivity contribution in [1.82, 2.24) is 5.32 Å². The highest BCUT2D eigenvalue weighted by Gasteiger charge is 2.50. The molecule has 2 rings (SSSR count). The van der Waals surface area contributed by atoms with Crippen LogP contribution in [0, 0.1) is 5.92 Å². The molecule has 1 saturated carbocycles. The van der Waals surface area contributed by atoms with Gasteiger partial charge < -0.3 is 10.1 Å². The van der Waals surface area contributed by atoms with Crippen LogP contribution in [0.25, 0.3) is 0 Å². The van der Waals surface area contributed by atoms with Crippen molar-refractivity contribution in [3.8, 4) is 5.75 Å². The highest BCUT2D eigenvalue weighted by Crippen LogP contribution is 2.40. The van der Waals surface area contributed by atoms with Crippen molar-refractivity contribution in [2.24, 2.45) is 5.92 Å². The van der Waals surface area contributed by atoms with Gasteiger partial charge in [-0.05, 0) is 30.9 Å². The predicted molar refractivity (Wildman–Crippen MR) is 58.2 cm³/mol. The number of halogens is 3. The maximum Gasteiger partial charge on any atom is 0.413 e. The molecule has 1 N–H and O–H groups in total. The van der Waals surface area contributed by atoms with E-state index in [0.717, 1.165) is 0 Å². The number of para-hydroxylation sites is 1. The average Bonchev–Trinajstić information content (AvgIpc) is 3.09. The Balaban J connectivity index is 1.93. The van der Waals surface area contributed by atoms with Crippen LogP contribution in [0.2, 0.25) is 0 Å². The maximum absolute atomic E-state index is 12.6. The first-order valence-electron chi connectivity index (χ1n) is 5.57. The first kappa shape index (κ1) is 12.7. The summed E-state index contributed by atoms with van der Waals surface area (Å²) in [5.41, 5.74) is 0. The van der Waals surface area contributed by atoms with E-state index in [-0.39, 0.29) is 5.75 Å². The van der Waals surface area contributed by atoms with Gasteiger partial charge in [-0.25, -0.2) is 4.79 Å². The van der Waals surface area contributed by atoms with Gasteiger partial charge in [0.25, 0.3) is 0 Å². The predicted octanol–water partition coefficient (Wildman–Crippen LogP) is 3.12. The van der Waals surface area contributed by atoms with Crippen molar-refractivity contribution in [3.05, 3.63) is 30.3 Å². The summed E-state index contributed by atoms with van der Waals surface area (Å²) in [5, 5.41) is 1.88. The van der Waals surface area contributed by atoms with Crippen LogP contribution in [0.15, 0.2) is 30.3 Å². The molecule has 1 atom stereocenters. The number of nitrogens with one attached hydrogen (secondary N) is 1. The van der Waals surface area contributed by atoms with Crippen molar-refractivity contribution < 1.29 is 22.7 Å². The Hall–Kier alpha value is -1.72. The lowest BCUT2D eigenvalue weighted by molar-refractivity contribution is -0.158. The summed E-state index contributed by atoms with van der Waals surface area (Å²) < 4.78 is 42.7. The van der Waals surface area contributed by atoms with E-state index in [9.17, 15) is 18.0 Å². The number of alkyl halides is 3. The zero-order valence-electron chi connectivity index (χ0n) is 9.41. The second-order valence-corrected chi connectivity index (χ2v) is 4.20. The quantitative estimate of drug-likeness (QED) is 0.905. The molecule has 0 spiro atoms. The fraction of sp³-hybridized carbons (Fsp3) is 0.417. The minimum atomic E-state index is -4.43. The number of hydrogen-bond donors (Lipinski definition) is 1. The van der Waals surface area contributed by atoms with Gasteiger partial charge in [-0.15, -0.1) is 0 Å². The van der Waals surface area contributed by atoms with Crippen LogP contribution in [0.5, 0.6) is 5.75 Å². The van der Waals surface area contributed by atoms with E-state index in [0.29, 0.717) is 12.8 Å². The van der Waals surface area contributed by atoms with Crippen molar-refractivity contribution in [1.29, 1.82) is 0 Å². The summed E-state index contributed by atoms with van der Waals surface area (Å²) in [7, 11) is 0. The van der Waals surface area contributed by atoms with Crippen LogP contribution < -0.4 is 10.1 Å². The van der Waals surface area contributed by atoms with Crippen LogP contribution >= 0.6 is 0 Å². The highest BCUT2D eigenvalue weighted by molar-refractivity contribution is 5.70. The summed E-state index contributed by atoms with van der Waals surface area (Å²) in [6, 6.07) is 6.16. The average molecular weight is 259 g/mol. The topological polar surface area (TPSA) is 38.3 Å². The zero-order chi connectivity index (χ0) is 13.2. The lowest BCUT2D eigenvalue weighted by Gasteiger charge is -2.20. The molecule has 1 aromatic carbocycles. The van der Waals surface area contributed by atoms with Crippen molar-refractivity contribution in [2.75, 3.05) is 0 Å². The summed E-state index contributed by atoms with van der Waals surface area (Å²) >= 11 is 0. The lowest BCUT2D eigenvalue weighted by Crippen LogP contribution is -2.47. The van der Waals surface area contributed by atoms with Crippen LogP contribution in [0.3, 0.4) is 0 Å². The number of rotatable bonds is 3. The molecule has 6 heteroatoms. The van der Waals surface area contributed by atoms with Gasteiger partial charge in [0.05, 0.1) is 0 Å². The Labute approximate surface area is 102 Å². The standard InChI is InChI=1S/C12H12F3NO2/c13-12(14,15)10(8-6-7-8)16-11(17)18-9-4-2-1-3-5-9/h1-5,8,10H,6-7H2,(H,16,17)/t10-/m0/s1. The smallest absolute Gasteiger partial charge is 0.410 e. The zero-order valence-corrected chi connectivity index (χ0v) is 9.41. The summed E-state index contributed by atoms with van der Waals surface area (Å²) in [5.74, 6) is -0.306.